The number of fused-ring (bicyclic) bond motifs is 2. The number of hydrogen-bond donors (Lipinski definition) is 5. The second-order valence-electron chi connectivity index (χ2n) is 12.5. The van der Waals surface area contributed by atoms with Crippen molar-refractivity contribution in [2.24, 2.45) is 10.3 Å². The van der Waals surface area contributed by atoms with Crippen LogP contribution >= 0.6 is 0 Å². The molecule has 5 N–H and O–H groups in total. The highest BCUT2D eigenvalue weighted by Gasteiger charge is 2.50. The summed E-state index contributed by atoms with van der Waals surface area (Å²) in [6, 6.07) is 10.1. The molecule has 2 amide bonds. The molecule has 4 rings (SSSR count). The number of amidine groups is 1. The zero-order valence-corrected chi connectivity index (χ0v) is 27.9. The Labute approximate surface area is 267 Å². The molecule has 0 bridgehead atoms. The molecule has 2 aromatic carbocycles. The molecule has 2 aromatic rings. The number of sulfonamides is 2. The van der Waals surface area contributed by atoms with Crippen LogP contribution in [0.4, 0.5) is 16.2 Å². The van der Waals surface area contributed by atoms with E-state index in [-0.39, 0.29) is 39.7 Å². The summed E-state index contributed by atoms with van der Waals surface area (Å²) in [5, 5.41) is 19.4. The minimum atomic E-state index is -4.52. The van der Waals surface area contributed by atoms with Crippen LogP contribution in [0.3, 0.4) is 0 Å². The number of benzene rings is 2. The molecular weight excluding hydrogens is 638 g/mol. The van der Waals surface area contributed by atoms with Gasteiger partial charge in [0.2, 0.25) is 15.9 Å². The molecule has 0 fully saturated rings. The average molecular weight is 676 g/mol. The molecule has 0 aromatic heterocycles. The number of amides is 2. The Bertz CT molecular complexity index is 1880. The number of aliphatic hydroxyl groups is 1. The molecule has 1 atom stereocenters. The average Bonchev–Trinajstić information content (AvgIpc) is 2.92. The maximum Gasteiger partial charge on any atom is 0.408 e. The van der Waals surface area contributed by atoms with Crippen molar-refractivity contribution in [1.29, 1.82) is 0 Å². The molecule has 0 saturated heterocycles. The highest BCUT2D eigenvalue weighted by atomic mass is 32.2. The largest absolute Gasteiger partial charge is 0.506 e. The van der Waals surface area contributed by atoms with E-state index in [9.17, 15) is 36.3 Å². The molecule has 2 aliphatic rings. The van der Waals surface area contributed by atoms with Gasteiger partial charge in [-0.2, -0.15) is 8.42 Å². The van der Waals surface area contributed by atoms with E-state index in [1.165, 1.54) is 18.2 Å². The van der Waals surface area contributed by atoms with Gasteiger partial charge in [0, 0.05) is 11.3 Å². The summed E-state index contributed by atoms with van der Waals surface area (Å²) in [6.07, 6.45) is 0.569. The van der Waals surface area contributed by atoms with Gasteiger partial charge in [0.05, 0.1) is 11.9 Å². The number of ketones is 1. The second kappa shape index (κ2) is 12.4. The van der Waals surface area contributed by atoms with Crippen LogP contribution in [0.25, 0.3) is 5.76 Å². The minimum Gasteiger partial charge on any atom is -0.506 e. The summed E-state index contributed by atoms with van der Waals surface area (Å²) in [5.41, 5.74) is -2.67. The number of nitrogens with zero attached hydrogens (tertiary/aromatic N) is 1. The van der Waals surface area contributed by atoms with Crippen LogP contribution in [0.15, 0.2) is 57.3 Å². The fourth-order valence-electron chi connectivity index (χ4n) is 5.09. The van der Waals surface area contributed by atoms with Gasteiger partial charge in [0.15, 0.2) is 11.6 Å². The van der Waals surface area contributed by atoms with Crippen molar-refractivity contribution >= 4 is 60.8 Å². The van der Waals surface area contributed by atoms with Crippen molar-refractivity contribution in [3.05, 3.63) is 59.2 Å². The number of carbonyl (C=O) groups excluding carboxylic acids is 3. The lowest BCUT2D eigenvalue weighted by Gasteiger charge is -2.40. The van der Waals surface area contributed by atoms with Gasteiger partial charge in [-0.3, -0.25) is 14.3 Å². The maximum atomic E-state index is 14.6. The number of anilines is 2. The second-order valence-corrected chi connectivity index (χ2v) is 15.8. The topological polar surface area (TPSA) is 209 Å². The number of Topliss-reactive ketones (excluding diaryl/α,β-unsaturated/α-hetero) is 1. The van der Waals surface area contributed by atoms with Crippen molar-refractivity contribution < 1.29 is 41.1 Å². The number of carbonyl (C=O) groups is 3. The van der Waals surface area contributed by atoms with Crippen LogP contribution < -0.4 is 20.7 Å². The highest BCUT2D eigenvalue weighted by molar-refractivity contribution is 7.92. The van der Waals surface area contributed by atoms with Crippen molar-refractivity contribution in [2.45, 2.75) is 63.5 Å². The quantitative estimate of drug-likeness (QED) is 0.262. The van der Waals surface area contributed by atoms with E-state index >= 15 is 0 Å². The fraction of sp³-hybridized carbons (Fsp3) is 0.400. The summed E-state index contributed by atoms with van der Waals surface area (Å²) in [6.45, 7) is 8.31. The van der Waals surface area contributed by atoms with E-state index in [1.807, 2.05) is 13.8 Å². The van der Waals surface area contributed by atoms with Gasteiger partial charge in [0.1, 0.15) is 33.9 Å². The van der Waals surface area contributed by atoms with Crippen molar-refractivity contribution in [3.8, 4) is 0 Å². The number of rotatable bonds is 9. The fourth-order valence-corrected chi connectivity index (χ4v) is 6.80. The van der Waals surface area contributed by atoms with Crippen LogP contribution in [-0.2, 0) is 39.9 Å². The van der Waals surface area contributed by atoms with Crippen molar-refractivity contribution in [2.75, 3.05) is 22.8 Å². The Morgan fingerprint density at radius 2 is 1.80 bits per heavy atom. The standard InChI is InChI=1S/C30H37N5O9S2/c1-17(2)13-14-30(33-23(36)16-31-28(39)44-29(3,4)5)20-10-8-7-9-19(20)25(37)24(26(30)38)27-32-21-12-11-18(34-45(6,40)41)15-22(21)46(42,43)35-27/h7-12,15,17,34,37H,13-14,16H2,1-6H3,(H,31,39)(H,32,35)(H,33,36). The number of hydrogen-bond acceptors (Lipinski definition) is 10. The molecule has 1 heterocycles. The highest BCUT2D eigenvalue weighted by Crippen LogP contribution is 2.43. The molecule has 0 radical (unpaired) electrons. The Hall–Kier alpha value is -4.44. The Morgan fingerprint density at radius 3 is 2.43 bits per heavy atom. The Kier molecular flexibility index (Phi) is 9.28. The van der Waals surface area contributed by atoms with Crippen LogP contribution in [0.1, 0.15) is 58.6 Å². The molecule has 1 aliphatic carbocycles. The molecule has 14 nitrogen and oxygen atoms in total. The first kappa shape index (κ1) is 34.4. The lowest BCUT2D eigenvalue weighted by atomic mass is 9.71. The number of nitrogens with one attached hydrogen (secondary N) is 4. The van der Waals surface area contributed by atoms with Gasteiger partial charge in [0.25, 0.3) is 10.0 Å². The first-order valence-electron chi connectivity index (χ1n) is 14.3. The van der Waals surface area contributed by atoms with E-state index in [0.29, 0.717) is 6.42 Å². The van der Waals surface area contributed by atoms with Crippen LogP contribution in [0.2, 0.25) is 0 Å². The van der Waals surface area contributed by atoms with Crippen molar-refractivity contribution in [1.82, 2.24) is 10.6 Å². The molecule has 1 aliphatic heterocycles. The van der Waals surface area contributed by atoms with Gasteiger partial charge in [-0.1, -0.05) is 38.1 Å². The van der Waals surface area contributed by atoms with Crippen molar-refractivity contribution in [3.63, 3.8) is 0 Å². The van der Waals surface area contributed by atoms with Gasteiger partial charge in [-0.15, -0.1) is 4.40 Å². The van der Waals surface area contributed by atoms with Crippen LogP contribution in [0.5, 0.6) is 0 Å². The summed E-state index contributed by atoms with van der Waals surface area (Å²) in [4.78, 5) is 39.8. The summed E-state index contributed by atoms with van der Waals surface area (Å²) < 4.78 is 61.3. The molecule has 0 spiro atoms. The number of aliphatic hydroxyl groups excluding tert-OH is 1. The third kappa shape index (κ3) is 7.50. The zero-order chi connectivity index (χ0) is 34.2. The summed E-state index contributed by atoms with van der Waals surface area (Å²) in [5.74, 6) is -2.52. The Balaban J connectivity index is 1.79. The molecule has 248 valence electrons. The molecule has 16 heteroatoms. The first-order valence-corrected chi connectivity index (χ1v) is 17.7. The molecular formula is C30H37N5O9S2. The summed E-state index contributed by atoms with van der Waals surface area (Å²) in [7, 11) is -8.23. The number of alkyl carbamates (subject to hydrolysis) is 1. The zero-order valence-electron chi connectivity index (χ0n) is 26.2. The third-order valence-corrected chi connectivity index (χ3v) is 8.92. The third-order valence-electron chi connectivity index (χ3n) is 7.00. The normalized spacial score (nSPS) is 18.9. The van der Waals surface area contributed by atoms with Gasteiger partial charge >= 0.3 is 6.09 Å². The summed E-state index contributed by atoms with van der Waals surface area (Å²) >= 11 is 0. The minimum absolute atomic E-state index is 0.0191. The number of ether oxygens (including phenoxy) is 1. The monoisotopic (exact) mass is 675 g/mol. The van der Waals surface area contributed by atoms with Crippen LogP contribution in [-0.4, -0.2) is 64.0 Å². The molecule has 0 saturated carbocycles. The van der Waals surface area contributed by atoms with E-state index in [1.54, 1.807) is 39.0 Å². The van der Waals surface area contributed by atoms with E-state index in [2.05, 4.69) is 25.1 Å². The predicted molar refractivity (Wildman–Crippen MR) is 172 cm³/mol. The lowest BCUT2D eigenvalue weighted by Crippen LogP contribution is -2.57. The van der Waals surface area contributed by atoms with Crippen LogP contribution in [0, 0.1) is 5.92 Å². The molecule has 1 unspecified atom stereocenters. The van der Waals surface area contributed by atoms with E-state index in [4.69, 9.17) is 4.74 Å². The van der Waals surface area contributed by atoms with Gasteiger partial charge in [-0.05, 0) is 63.3 Å². The maximum absolute atomic E-state index is 14.6. The Morgan fingerprint density at radius 1 is 1.13 bits per heavy atom. The van der Waals surface area contributed by atoms with Gasteiger partial charge < -0.3 is 25.8 Å². The van der Waals surface area contributed by atoms with Gasteiger partial charge in [-0.25, -0.2) is 13.2 Å². The lowest BCUT2D eigenvalue weighted by molar-refractivity contribution is -0.130. The first-order chi connectivity index (χ1) is 21.2. The SMILES string of the molecule is CC(C)CCC1(NC(=O)CNC(=O)OC(C)(C)C)C(=O)C(C2=NS(=O)(=O)c3cc(NS(C)(=O)=O)ccc3N2)=C(O)c2ccccc21. The van der Waals surface area contributed by atoms with E-state index < -0.39 is 72.7 Å². The molecule has 46 heavy (non-hydrogen) atoms. The van der Waals surface area contributed by atoms with E-state index in [0.717, 1.165) is 12.3 Å². The smallest absolute Gasteiger partial charge is 0.408 e. The predicted octanol–water partition coefficient (Wildman–Crippen LogP) is 3.40.